The van der Waals surface area contributed by atoms with Gasteiger partial charge in [-0.2, -0.15) is 0 Å². The molecule has 1 aromatic carbocycles. The average molecular weight is 351 g/mol. The van der Waals surface area contributed by atoms with Gasteiger partial charge >= 0.3 is 0 Å². The summed E-state index contributed by atoms with van der Waals surface area (Å²) >= 11 is 3.27. The predicted octanol–water partition coefficient (Wildman–Crippen LogP) is 1.73. The van der Waals surface area contributed by atoms with Gasteiger partial charge in [0.1, 0.15) is 5.75 Å². The van der Waals surface area contributed by atoms with Crippen molar-refractivity contribution >= 4 is 26.0 Å². The molecule has 1 rings (SSSR count). The topological polar surface area (TPSA) is 67.4 Å². The molecular formula is C12H19BrN2O3S. The van der Waals surface area contributed by atoms with E-state index in [9.17, 15) is 8.42 Å². The van der Waals surface area contributed by atoms with Crippen LogP contribution in [-0.2, 0) is 10.0 Å². The number of rotatable bonds is 7. The van der Waals surface area contributed by atoms with Gasteiger partial charge in [0.25, 0.3) is 0 Å². The van der Waals surface area contributed by atoms with Crippen LogP contribution in [0.25, 0.3) is 0 Å². The summed E-state index contributed by atoms with van der Waals surface area (Å²) < 4.78 is 32.6. The van der Waals surface area contributed by atoms with Gasteiger partial charge in [0.2, 0.25) is 10.0 Å². The van der Waals surface area contributed by atoms with E-state index in [1.165, 1.54) is 13.2 Å². The van der Waals surface area contributed by atoms with E-state index in [-0.39, 0.29) is 10.9 Å². The van der Waals surface area contributed by atoms with Gasteiger partial charge in [0, 0.05) is 23.1 Å². The predicted molar refractivity (Wildman–Crippen MR) is 79.0 cm³/mol. The summed E-state index contributed by atoms with van der Waals surface area (Å²) in [5.41, 5.74) is 0. The molecule has 19 heavy (non-hydrogen) atoms. The molecule has 7 heteroatoms. The molecule has 0 aliphatic rings. The minimum absolute atomic E-state index is 0.0776. The number of halogens is 1. The second-order valence-corrected chi connectivity index (χ2v) is 6.82. The molecule has 0 bridgehead atoms. The quantitative estimate of drug-likeness (QED) is 0.785. The lowest BCUT2D eigenvalue weighted by molar-refractivity contribution is 0.413. The van der Waals surface area contributed by atoms with Crippen molar-refractivity contribution in [2.75, 3.05) is 20.2 Å². The molecule has 0 saturated heterocycles. The Morgan fingerprint density at radius 1 is 1.37 bits per heavy atom. The second-order valence-electron chi connectivity index (χ2n) is 4.14. The highest BCUT2D eigenvalue weighted by atomic mass is 79.9. The maximum Gasteiger partial charge on any atom is 0.240 e. The highest BCUT2D eigenvalue weighted by Gasteiger charge is 2.16. The van der Waals surface area contributed by atoms with E-state index in [4.69, 9.17) is 4.74 Å². The molecule has 0 fully saturated rings. The fraction of sp³-hybridized carbons (Fsp3) is 0.500. The van der Waals surface area contributed by atoms with E-state index >= 15 is 0 Å². The molecule has 0 spiro atoms. The third kappa shape index (κ3) is 5.10. The molecule has 2 N–H and O–H groups in total. The summed E-state index contributed by atoms with van der Waals surface area (Å²) in [5.74, 6) is 0.495. The van der Waals surface area contributed by atoms with Crippen LogP contribution in [0, 0.1) is 0 Å². The van der Waals surface area contributed by atoms with Gasteiger partial charge in [0.15, 0.2) is 0 Å². The second kappa shape index (κ2) is 7.23. The fourth-order valence-electron chi connectivity index (χ4n) is 1.55. The summed E-state index contributed by atoms with van der Waals surface area (Å²) in [6.45, 7) is 5.04. The maximum absolute atomic E-state index is 12.1. The Bertz CT molecular complexity index is 520. The average Bonchev–Trinajstić information content (AvgIpc) is 2.36. The van der Waals surface area contributed by atoms with E-state index in [1.54, 1.807) is 12.1 Å². The van der Waals surface area contributed by atoms with Crippen molar-refractivity contribution in [3.8, 4) is 5.75 Å². The minimum Gasteiger partial charge on any atom is -0.497 e. The third-order valence-electron chi connectivity index (χ3n) is 2.52. The highest BCUT2D eigenvalue weighted by molar-refractivity contribution is 9.10. The first-order valence-electron chi connectivity index (χ1n) is 5.96. The molecule has 0 saturated carbocycles. The van der Waals surface area contributed by atoms with Gasteiger partial charge in [0.05, 0.1) is 12.0 Å². The number of hydrogen-bond donors (Lipinski definition) is 2. The van der Waals surface area contributed by atoms with E-state index in [1.807, 2.05) is 13.8 Å². The lowest BCUT2D eigenvalue weighted by Gasteiger charge is -2.14. The van der Waals surface area contributed by atoms with Crippen molar-refractivity contribution in [2.45, 2.75) is 24.8 Å². The third-order valence-corrected chi connectivity index (χ3v) is 4.38. The van der Waals surface area contributed by atoms with Crippen molar-refractivity contribution < 1.29 is 13.2 Å². The van der Waals surface area contributed by atoms with Crippen LogP contribution >= 0.6 is 15.9 Å². The molecule has 0 aromatic heterocycles. The van der Waals surface area contributed by atoms with Crippen LogP contribution in [0.5, 0.6) is 5.75 Å². The van der Waals surface area contributed by atoms with E-state index in [0.717, 1.165) is 6.54 Å². The van der Waals surface area contributed by atoms with Crippen molar-refractivity contribution in [1.82, 2.24) is 10.0 Å². The minimum atomic E-state index is -3.53. The lowest BCUT2D eigenvalue weighted by atomic mass is 10.3. The molecule has 1 atom stereocenters. The van der Waals surface area contributed by atoms with Gasteiger partial charge in [-0.25, -0.2) is 13.1 Å². The Balaban J connectivity index is 2.85. The molecule has 0 unspecified atom stereocenters. The van der Waals surface area contributed by atoms with Crippen molar-refractivity contribution in [1.29, 1.82) is 0 Å². The molecule has 1 aromatic rings. The van der Waals surface area contributed by atoms with E-state index in [2.05, 4.69) is 26.0 Å². The number of methoxy groups -OCH3 is 1. The van der Waals surface area contributed by atoms with Gasteiger partial charge in [-0.3, -0.25) is 0 Å². The summed E-state index contributed by atoms with van der Waals surface area (Å²) in [4.78, 5) is 0.183. The SMILES string of the molecule is CCN[C@H](C)CNS(=O)(=O)c1cc(Br)cc(OC)c1. The highest BCUT2D eigenvalue weighted by Crippen LogP contribution is 2.24. The molecular weight excluding hydrogens is 332 g/mol. The Morgan fingerprint density at radius 3 is 2.63 bits per heavy atom. The zero-order chi connectivity index (χ0) is 14.5. The van der Waals surface area contributed by atoms with Crippen LogP contribution in [0.2, 0.25) is 0 Å². The van der Waals surface area contributed by atoms with Crippen LogP contribution < -0.4 is 14.8 Å². The van der Waals surface area contributed by atoms with Crippen LogP contribution in [0.15, 0.2) is 27.6 Å². The largest absolute Gasteiger partial charge is 0.497 e. The van der Waals surface area contributed by atoms with E-state index in [0.29, 0.717) is 16.8 Å². The standard InChI is InChI=1S/C12H19BrN2O3S/c1-4-14-9(2)8-15-19(16,17)12-6-10(13)5-11(7-12)18-3/h5-7,9,14-15H,4,8H2,1-3H3/t9-/m1/s1. The van der Waals surface area contributed by atoms with Crippen LogP contribution in [0.3, 0.4) is 0 Å². The smallest absolute Gasteiger partial charge is 0.240 e. The molecule has 0 aliphatic heterocycles. The number of likely N-dealkylation sites (N-methyl/N-ethyl adjacent to an activating group) is 1. The van der Waals surface area contributed by atoms with Crippen LogP contribution in [-0.4, -0.2) is 34.7 Å². The first-order chi connectivity index (χ1) is 8.89. The van der Waals surface area contributed by atoms with Crippen molar-refractivity contribution in [3.05, 3.63) is 22.7 Å². The Labute approximate surface area is 122 Å². The van der Waals surface area contributed by atoms with Crippen LogP contribution in [0.1, 0.15) is 13.8 Å². The number of nitrogens with one attached hydrogen (secondary N) is 2. The maximum atomic E-state index is 12.1. The molecule has 0 amide bonds. The zero-order valence-electron chi connectivity index (χ0n) is 11.2. The van der Waals surface area contributed by atoms with Crippen molar-refractivity contribution in [2.24, 2.45) is 0 Å². The monoisotopic (exact) mass is 350 g/mol. The first-order valence-corrected chi connectivity index (χ1v) is 8.24. The van der Waals surface area contributed by atoms with Gasteiger partial charge < -0.3 is 10.1 Å². The summed E-state index contributed by atoms with van der Waals surface area (Å²) in [5, 5.41) is 3.14. The normalized spacial score (nSPS) is 13.3. The number of sulfonamides is 1. The molecule has 5 nitrogen and oxygen atoms in total. The summed E-state index contributed by atoms with van der Waals surface area (Å²) in [7, 11) is -2.03. The molecule has 0 heterocycles. The summed E-state index contributed by atoms with van der Waals surface area (Å²) in [6, 6.07) is 4.82. The number of ether oxygens (including phenoxy) is 1. The first kappa shape index (κ1) is 16.4. The van der Waals surface area contributed by atoms with E-state index < -0.39 is 10.0 Å². The Kier molecular flexibility index (Phi) is 6.25. The summed E-state index contributed by atoms with van der Waals surface area (Å²) in [6.07, 6.45) is 0. The van der Waals surface area contributed by atoms with Crippen LogP contribution in [0.4, 0.5) is 0 Å². The van der Waals surface area contributed by atoms with Gasteiger partial charge in [-0.05, 0) is 25.6 Å². The fourth-order valence-corrected chi connectivity index (χ4v) is 3.36. The molecule has 108 valence electrons. The molecule has 0 radical (unpaired) electrons. The lowest BCUT2D eigenvalue weighted by Crippen LogP contribution is -2.38. The Morgan fingerprint density at radius 2 is 2.05 bits per heavy atom. The number of hydrogen-bond acceptors (Lipinski definition) is 4. The molecule has 0 aliphatic carbocycles. The van der Waals surface area contributed by atoms with Gasteiger partial charge in [-0.15, -0.1) is 0 Å². The van der Waals surface area contributed by atoms with Crippen molar-refractivity contribution in [3.63, 3.8) is 0 Å². The number of benzene rings is 1. The zero-order valence-corrected chi connectivity index (χ0v) is 13.6. The van der Waals surface area contributed by atoms with Gasteiger partial charge in [-0.1, -0.05) is 22.9 Å². The Hall–Kier alpha value is -0.630.